The molecule has 0 unspecified atom stereocenters. The summed E-state index contributed by atoms with van der Waals surface area (Å²) in [5, 5.41) is 4.85. The van der Waals surface area contributed by atoms with E-state index >= 15 is 4.39 Å². The van der Waals surface area contributed by atoms with Gasteiger partial charge in [0.2, 0.25) is 5.82 Å². The Kier molecular flexibility index (Phi) is 11.0. The van der Waals surface area contributed by atoms with Crippen LogP contribution in [0.1, 0.15) is 56.6 Å². The predicted octanol–water partition coefficient (Wildman–Crippen LogP) is 4.46. The maximum Gasteiger partial charge on any atom is 0.417 e. The molecule has 1 aliphatic heterocycles. The van der Waals surface area contributed by atoms with Crippen molar-refractivity contribution < 1.29 is 55.3 Å². The van der Waals surface area contributed by atoms with Crippen LogP contribution in [0.2, 0.25) is 0 Å². The van der Waals surface area contributed by atoms with Gasteiger partial charge in [0.05, 0.1) is 13.2 Å². The van der Waals surface area contributed by atoms with E-state index in [1.54, 1.807) is 20.8 Å². The Morgan fingerprint density at radius 1 is 1.09 bits per heavy atom. The number of primary amides is 1. The number of nitrogens with zero attached hydrogens (tertiary/aromatic N) is 1. The molecule has 1 aromatic heterocycles. The molecule has 1 saturated heterocycles. The highest BCUT2D eigenvalue weighted by molar-refractivity contribution is 5.97. The lowest BCUT2D eigenvalue weighted by atomic mass is 9.77. The predicted molar refractivity (Wildman–Crippen MR) is 150 cm³/mol. The first-order valence-corrected chi connectivity index (χ1v) is 13.8. The van der Waals surface area contributed by atoms with E-state index in [1.165, 1.54) is 13.0 Å². The van der Waals surface area contributed by atoms with Crippen LogP contribution in [0.25, 0.3) is 0 Å². The SMILES string of the molecule is C[C@@H]1[C@H](c2ccc(F)c(F)c2OCCOCCNC(=O)OC(C)(C)C)[C@@H](C(=O)Nc2ccnc(C(N)=O)c2)O[C@]1(C)C(F)(F)F. The summed E-state index contributed by atoms with van der Waals surface area (Å²) in [6, 6.07) is 4.13. The quantitative estimate of drug-likeness (QED) is 0.239. The number of rotatable bonds is 11. The highest BCUT2D eigenvalue weighted by Crippen LogP contribution is 2.55. The highest BCUT2D eigenvalue weighted by atomic mass is 19.4. The maximum absolute atomic E-state index is 15.1. The first-order valence-electron chi connectivity index (χ1n) is 13.8. The minimum Gasteiger partial charge on any atom is -0.488 e. The second-order valence-electron chi connectivity index (χ2n) is 11.4. The molecule has 16 heteroatoms. The number of anilines is 1. The normalized spacial score (nSPS) is 21.7. The van der Waals surface area contributed by atoms with Crippen molar-refractivity contribution >= 4 is 23.6 Å². The fourth-order valence-electron chi connectivity index (χ4n) is 4.68. The molecular weight excluding hydrogens is 611 g/mol. The van der Waals surface area contributed by atoms with Crippen LogP contribution in [0.5, 0.6) is 5.75 Å². The average Bonchev–Trinajstić information content (AvgIpc) is 3.21. The lowest BCUT2D eigenvalue weighted by Crippen LogP contribution is -2.47. The Balaban J connectivity index is 1.82. The van der Waals surface area contributed by atoms with Crippen molar-refractivity contribution in [1.82, 2.24) is 10.3 Å². The summed E-state index contributed by atoms with van der Waals surface area (Å²) in [5.74, 6) is -8.46. The molecule has 0 radical (unpaired) electrons. The number of nitrogens with two attached hydrogens (primary N) is 1. The van der Waals surface area contributed by atoms with Crippen LogP contribution < -0.4 is 21.1 Å². The van der Waals surface area contributed by atoms with Crippen molar-refractivity contribution in [3.05, 3.63) is 53.4 Å². The van der Waals surface area contributed by atoms with Crippen LogP contribution >= 0.6 is 0 Å². The molecule has 2 heterocycles. The number of ether oxygens (including phenoxy) is 4. The zero-order chi connectivity index (χ0) is 33.7. The Hall–Kier alpha value is -4.05. The van der Waals surface area contributed by atoms with Crippen molar-refractivity contribution in [2.75, 3.05) is 31.7 Å². The highest BCUT2D eigenvalue weighted by Gasteiger charge is 2.66. The standard InChI is InChI=1S/C29H35F5N4O7/c1-15-20(23(44-28(15,5)29(32,33)34)25(40)38-16-8-9-36-19(14-16)24(35)39)17-6-7-18(30)21(31)22(17)43-13-12-42-11-10-37-26(41)45-27(2,3)4/h6-9,14-15,20,23H,10-13H2,1-5H3,(H2,35,39)(H,37,41)(H,36,38,40)/t15-,20-,23+,28+/m1/s1. The summed E-state index contributed by atoms with van der Waals surface area (Å²) in [6.07, 6.45) is -6.33. The molecular formula is C29H35F5N4O7. The van der Waals surface area contributed by atoms with Crippen LogP contribution in [0.15, 0.2) is 30.5 Å². The molecule has 248 valence electrons. The molecule has 0 saturated carbocycles. The number of alkyl halides is 3. The Bertz CT molecular complexity index is 1400. The van der Waals surface area contributed by atoms with Gasteiger partial charge in [0.15, 0.2) is 17.2 Å². The second-order valence-corrected chi connectivity index (χ2v) is 11.4. The van der Waals surface area contributed by atoms with E-state index in [9.17, 15) is 31.9 Å². The number of benzene rings is 1. The van der Waals surface area contributed by atoms with E-state index in [-0.39, 0.29) is 43.3 Å². The molecule has 11 nitrogen and oxygen atoms in total. The minimum absolute atomic E-state index is 0.00719. The molecule has 4 N–H and O–H groups in total. The van der Waals surface area contributed by atoms with Crippen LogP contribution in [0, 0.1) is 17.6 Å². The number of nitrogens with one attached hydrogen (secondary N) is 2. The van der Waals surface area contributed by atoms with E-state index < -0.39 is 70.6 Å². The molecule has 3 rings (SSSR count). The average molecular weight is 647 g/mol. The largest absolute Gasteiger partial charge is 0.488 e. The van der Waals surface area contributed by atoms with Crippen molar-refractivity contribution in [3.63, 3.8) is 0 Å². The number of carbonyl (C=O) groups is 3. The van der Waals surface area contributed by atoms with Crippen LogP contribution in [0.4, 0.5) is 32.4 Å². The molecule has 1 aliphatic rings. The van der Waals surface area contributed by atoms with Gasteiger partial charge in [0, 0.05) is 35.8 Å². The maximum atomic E-state index is 15.1. The number of carbonyl (C=O) groups excluding carboxylic acids is 3. The topological polar surface area (TPSA) is 151 Å². The van der Waals surface area contributed by atoms with Gasteiger partial charge in [-0.05, 0) is 45.9 Å². The number of hydrogen-bond acceptors (Lipinski definition) is 8. The van der Waals surface area contributed by atoms with Crippen LogP contribution in [0.3, 0.4) is 0 Å². The molecule has 1 aromatic carbocycles. The third kappa shape index (κ3) is 8.57. The number of alkyl carbamates (subject to hydrolysis) is 1. The summed E-state index contributed by atoms with van der Waals surface area (Å²) in [6.45, 7) is 6.56. The third-order valence-corrected chi connectivity index (χ3v) is 7.03. The van der Waals surface area contributed by atoms with Gasteiger partial charge in [-0.25, -0.2) is 9.18 Å². The first kappa shape index (κ1) is 35.4. The van der Waals surface area contributed by atoms with Gasteiger partial charge in [0.25, 0.3) is 11.8 Å². The fraction of sp³-hybridized carbons (Fsp3) is 0.517. The minimum atomic E-state index is -4.96. The molecule has 3 amide bonds. The van der Waals surface area contributed by atoms with E-state index in [0.717, 1.165) is 25.3 Å². The summed E-state index contributed by atoms with van der Waals surface area (Å²) < 4.78 is 93.5. The molecule has 2 aromatic rings. The lowest BCUT2D eigenvalue weighted by molar-refractivity contribution is -0.272. The number of pyridine rings is 1. The molecule has 1 fully saturated rings. The van der Waals surface area contributed by atoms with Gasteiger partial charge in [0.1, 0.15) is 24.0 Å². The zero-order valence-corrected chi connectivity index (χ0v) is 25.2. The van der Waals surface area contributed by atoms with E-state index in [2.05, 4.69) is 15.6 Å². The fourth-order valence-corrected chi connectivity index (χ4v) is 4.68. The lowest BCUT2D eigenvalue weighted by Gasteiger charge is -2.32. The summed E-state index contributed by atoms with van der Waals surface area (Å²) in [7, 11) is 0. The van der Waals surface area contributed by atoms with Crippen molar-refractivity contribution in [2.45, 2.75) is 64.0 Å². The van der Waals surface area contributed by atoms with E-state index in [4.69, 9.17) is 24.7 Å². The Labute approximate surface area is 255 Å². The van der Waals surface area contributed by atoms with Gasteiger partial charge in [-0.3, -0.25) is 14.6 Å². The zero-order valence-electron chi connectivity index (χ0n) is 25.2. The van der Waals surface area contributed by atoms with E-state index in [0.29, 0.717) is 6.07 Å². The smallest absolute Gasteiger partial charge is 0.417 e. The first-order chi connectivity index (χ1) is 20.9. The van der Waals surface area contributed by atoms with Crippen molar-refractivity contribution in [1.29, 1.82) is 0 Å². The Morgan fingerprint density at radius 2 is 1.78 bits per heavy atom. The van der Waals surface area contributed by atoms with Crippen LogP contribution in [-0.4, -0.2) is 72.7 Å². The summed E-state index contributed by atoms with van der Waals surface area (Å²) >= 11 is 0. The van der Waals surface area contributed by atoms with E-state index in [1.807, 2.05) is 0 Å². The molecule has 4 atom stereocenters. The molecule has 45 heavy (non-hydrogen) atoms. The van der Waals surface area contributed by atoms with Crippen molar-refractivity contribution in [2.24, 2.45) is 11.7 Å². The third-order valence-electron chi connectivity index (χ3n) is 7.03. The number of amides is 3. The van der Waals surface area contributed by atoms with Crippen molar-refractivity contribution in [3.8, 4) is 5.75 Å². The van der Waals surface area contributed by atoms with Crippen LogP contribution in [-0.2, 0) is 19.0 Å². The molecule has 0 spiro atoms. The second kappa shape index (κ2) is 13.9. The number of hydrogen-bond donors (Lipinski definition) is 3. The molecule has 0 aliphatic carbocycles. The molecule has 0 bridgehead atoms. The Morgan fingerprint density at radius 3 is 2.40 bits per heavy atom. The van der Waals surface area contributed by atoms with Gasteiger partial charge in [-0.2, -0.15) is 17.6 Å². The monoisotopic (exact) mass is 646 g/mol. The summed E-state index contributed by atoms with van der Waals surface area (Å²) in [5.41, 5.74) is 1.17. The van der Waals surface area contributed by atoms with Gasteiger partial charge >= 0.3 is 12.3 Å². The number of aromatic nitrogens is 1. The number of halogens is 5. The van der Waals surface area contributed by atoms with Gasteiger partial charge < -0.3 is 35.3 Å². The summed E-state index contributed by atoms with van der Waals surface area (Å²) in [4.78, 5) is 40.3. The van der Waals surface area contributed by atoms with Gasteiger partial charge in [-0.15, -0.1) is 0 Å². The van der Waals surface area contributed by atoms with Gasteiger partial charge in [-0.1, -0.05) is 13.0 Å².